The highest BCUT2D eigenvalue weighted by Crippen LogP contribution is 2.20. The van der Waals surface area contributed by atoms with E-state index < -0.39 is 0 Å². The summed E-state index contributed by atoms with van der Waals surface area (Å²) in [7, 11) is 0. The fourth-order valence-corrected chi connectivity index (χ4v) is 1.95. The lowest BCUT2D eigenvalue weighted by Gasteiger charge is -2.11. The molecule has 0 fully saturated rings. The van der Waals surface area contributed by atoms with E-state index in [4.69, 9.17) is 16.3 Å². The van der Waals surface area contributed by atoms with Gasteiger partial charge in [0.25, 0.3) is 0 Å². The summed E-state index contributed by atoms with van der Waals surface area (Å²) in [5, 5.41) is 3.43. The van der Waals surface area contributed by atoms with Crippen molar-refractivity contribution in [1.29, 1.82) is 0 Å². The quantitative estimate of drug-likeness (QED) is 0.848. The average molecular weight is 294 g/mol. The summed E-state index contributed by atoms with van der Waals surface area (Å²) < 4.78 is 19.2. The lowest BCUT2D eigenvalue weighted by atomic mass is 10.2. The van der Waals surface area contributed by atoms with E-state index in [9.17, 15) is 4.39 Å². The largest absolute Gasteiger partial charge is 0.491 e. The summed E-state index contributed by atoms with van der Waals surface area (Å²) in [5.74, 6) is 0.485. The minimum absolute atomic E-state index is 0.155. The van der Waals surface area contributed by atoms with E-state index in [2.05, 4.69) is 5.32 Å². The first-order valence-electron chi connectivity index (χ1n) is 6.49. The van der Waals surface area contributed by atoms with Gasteiger partial charge in [0.2, 0.25) is 0 Å². The zero-order chi connectivity index (χ0) is 14.5. The number of benzene rings is 2. The van der Waals surface area contributed by atoms with Gasteiger partial charge in [-0.15, -0.1) is 0 Å². The summed E-state index contributed by atoms with van der Waals surface area (Å²) in [6, 6.07) is 12.3. The topological polar surface area (TPSA) is 21.3 Å². The third kappa shape index (κ3) is 4.14. The fourth-order valence-electron chi connectivity index (χ4n) is 1.79. The molecule has 0 saturated carbocycles. The van der Waals surface area contributed by atoms with Crippen LogP contribution in [0.4, 0.5) is 10.1 Å². The van der Waals surface area contributed by atoms with Crippen molar-refractivity contribution in [2.24, 2.45) is 0 Å². The van der Waals surface area contributed by atoms with Crippen LogP contribution in [0.25, 0.3) is 0 Å². The van der Waals surface area contributed by atoms with Crippen LogP contribution in [0.3, 0.4) is 0 Å². The number of nitrogens with one attached hydrogen (secondary N) is 1. The molecule has 0 aliphatic rings. The van der Waals surface area contributed by atoms with Crippen molar-refractivity contribution in [1.82, 2.24) is 0 Å². The number of ether oxygens (including phenoxy) is 1. The van der Waals surface area contributed by atoms with Gasteiger partial charge in [-0.25, -0.2) is 4.39 Å². The molecule has 1 N–H and O–H groups in total. The summed E-state index contributed by atoms with van der Waals surface area (Å²) in [4.78, 5) is 0. The Bertz CT molecular complexity index is 569. The number of rotatable bonds is 5. The second-order valence-corrected chi connectivity index (χ2v) is 5.22. The van der Waals surface area contributed by atoms with E-state index in [-0.39, 0.29) is 11.9 Å². The second kappa shape index (κ2) is 6.62. The van der Waals surface area contributed by atoms with E-state index in [0.717, 1.165) is 11.3 Å². The van der Waals surface area contributed by atoms with Crippen molar-refractivity contribution >= 4 is 17.3 Å². The molecule has 0 spiro atoms. The Morgan fingerprint density at radius 2 is 1.85 bits per heavy atom. The summed E-state index contributed by atoms with van der Waals surface area (Å²) >= 11 is 5.71. The lowest BCUT2D eigenvalue weighted by molar-refractivity contribution is 0.242. The van der Waals surface area contributed by atoms with Crippen molar-refractivity contribution in [3.05, 3.63) is 58.9 Å². The highest BCUT2D eigenvalue weighted by Gasteiger charge is 2.03. The predicted octanol–water partition coefficient (Wildman–Crippen LogP) is 4.88. The van der Waals surface area contributed by atoms with Crippen molar-refractivity contribution in [3.63, 3.8) is 0 Å². The molecule has 0 atom stereocenters. The van der Waals surface area contributed by atoms with Gasteiger partial charge in [0, 0.05) is 11.6 Å². The number of hydrogen-bond donors (Lipinski definition) is 1. The standard InChI is InChI=1S/C16H17ClFNO/c1-11(2)20-14-6-3-12(4-7-14)10-19-16-8-5-13(17)9-15(16)18/h3-9,11,19H,10H2,1-2H3. The molecule has 0 aliphatic carbocycles. The Labute approximate surface area is 123 Å². The molecule has 0 bridgehead atoms. The molecule has 0 unspecified atom stereocenters. The number of halogens is 2. The zero-order valence-electron chi connectivity index (χ0n) is 11.5. The highest BCUT2D eigenvalue weighted by atomic mass is 35.5. The molecule has 2 aromatic carbocycles. The van der Waals surface area contributed by atoms with Crippen molar-refractivity contribution in [2.45, 2.75) is 26.5 Å². The maximum atomic E-state index is 13.6. The monoisotopic (exact) mass is 293 g/mol. The Balaban J connectivity index is 1.96. The summed E-state index contributed by atoms with van der Waals surface area (Å²) in [6.45, 7) is 4.51. The summed E-state index contributed by atoms with van der Waals surface area (Å²) in [5.41, 5.74) is 1.49. The SMILES string of the molecule is CC(C)Oc1ccc(CNc2ccc(Cl)cc2F)cc1. The first-order chi connectivity index (χ1) is 9.54. The van der Waals surface area contributed by atoms with Crippen LogP contribution in [0.2, 0.25) is 5.02 Å². The van der Waals surface area contributed by atoms with Crippen LogP contribution in [-0.4, -0.2) is 6.10 Å². The third-order valence-corrected chi connectivity index (χ3v) is 2.94. The molecular weight excluding hydrogens is 277 g/mol. The Morgan fingerprint density at radius 3 is 2.45 bits per heavy atom. The smallest absolute Gasteiger partial charge is 0.147 e. The Kier molecular flexibility index (Phi) is 4.85. The normalized spacial score (nSPS) is 10.7. The van der Waals surface area contributed by atoms with Crippen LogP contribution in [0, 0.1) is 5.82 Å². The van der Waals surface area contributed by atoms with E-state index in [1.54, 1.807) is 12.1 Å². The Morgan fingerprint density at radius 1 is 1.15 bits per heavy atom. The fraction of sp³-hybridized carbons (Fsp3) is 0.250. The van der Waals surface area contributed by atoms with Crippen LogP contribution >= 0.6 is 11.6 Å². The first kappa shape index (κ1) is 14.7. The van der Waals surface area contributed by atoms with Gasteiger partial charge in [0.1, 0.15) is 11.6 Å². The molecular formula is C16H17ClFNO. The molecule has 0 heterocycles. The van der Waals surface area contributed by atoms with Gasteiger partial charge in [-0.05, 0) is 49.7 Å². The number of hydrogen-bond acceptors (Lipinski definition) is 2. The van der Waals surface area contributed by atoms with E-state index in [1.807, 2.05) is 38.1 Å². The molecule has 0 aliphatic heterocycles. The van der Waals surface area contributed by atoms with Crippen molar-refractivity contribution < 1.29 is 9.13 Å². The first-order valence-corrected chi connectivity index (χ1v) is 6.87. The van der Waals surface area contributed by atoms with E-state index in [0.29, 0.717) is 17.3 Å². The molecule has 4 heteroatoms. The van der Waals surface area contributed by atoms with E-state index >= 15 is 0 Å². The van der Waals surface area contributed by atoms with Crippen LogP contribution < -0.4 is 10.1 Å². The van der Waals surface area contributed by atoms with Crippen molar-refractivity contribution in [3.8, 4) is 5.75 Å². The Hall–Kier alpha value is -1.74. The molecule has 0 saturated heterocycles. The van der Waals surface area contributed by atoms with Gasteiger partial charge in [0.15, 0.2) is 0 Å². The maximum absolute atomic E-state index is 13.6. The van der Waals surface area contributed by atoms with Crippen LogP contribution in [0.1, 0.15) is 19.4 Å². The van der Waals surface area contributed by atoms with Gasteiger partial charge in [0.05, 0.1) is 11.8 Å². The molecule has 2 nitrogen and oxygen atoms in total. The molecule has 0 aromatic heterocycles. The van der Waals surface area contributed by atoms with Crippen LogP contribution in [0.5, 0.6) is 5.75 Å². The third-order valence-electron chi connectivity index (χ3n) is 2.71. The van der Waals surface area contributed by atoms with Crippen molar-refractivity contribution in [2.75, 3.05) is 5.32 Å². The summed E-state index contributed by atoms with van der Waals surface area (Å²) in [6.07, 6.45) is 0.155. The van der Waals surface area contributed by atoms with Crippen LogP contribution in [0.15, 0.2) is 42.5 Å². The van der Waals surface area contributed by atoms with Crippen LogP contribution in [-0.2, 0) is 6.54 Å². The zero-order valence-corrected chi connectivity index (χ0v) is 12.2. The molecule has 2 rings (SSSR count). The predicted molar refractivity (Wildman–Crippen MR) is 80.9 cm³/mol. The number of anilines is 1. The minimum atomic E-state index is -0.350. The lowest BCUT2D eigenvalue weighted by Crippen LogP contribution is -2.06. The second-order valence-electron chi connectivity index (χ2n) is 4.79. The van der Waals surface area contributed by atoms with E-state index in [1.165, 1.54) is 6.07 Å². The highest BCUT2D eigenvalue weighted by molar-refractivity contribution is 6.30. The molecule has 0 amide bonds. The van der Waals surface area contributed by atoms with Gasteiger partial charge in [-0.3, -0.25) is 0 Å². The molecule has 2 aromatic rings. The molecule has 0 radical (unpaired) electrons. The molecule has 106 valence electrons. The van der Waals surface area contributed by atoms with Gasteiger partial charge >= 0.3 is 0 Å². The van der Waals surface area contributed by atoms with Gasteiger partial charge in [-0.2, -0.15) is 0 Å². The minimum Gasteiger partial charge on any atom is -0.491 e. The maximum Gasteiger partial charge on any atom is 0.147 e. The average Bonchev–Trinajstić information content (AvgIpc) is 2.39. The van der Waals surface area contributed by atoms with Gasteiger partial charge in [-0.1, -0.05) is 23.7 Å². The van der Waals surface area contributed by atoms with Gasteiger partial charge < -0.3 is 10.1 Å². The molecule has 20 heavy (non-hydrogen) atoms.